The zero-order chi connectivity index (χ0) is 14.5. The Balaban J connectivity index is 2.16. The summed E-state index contributed by atoms with van der Waals surface area (Å²) in [6.07, 6.45) is 3.72. The Bertz CT molecular complexity index is 592. The molecule has 0 aliphatic carbocycles. The van der Waals surface area contributed by atoms with Crippen molar-refractivity contribution in [3.05, 3.63) is 47.8 Å². The van der Waals surface area contributed by atoms with E-state index in [4.69, 9.17) is 4.43 Å². The molecule has 20 heavy (non-hydrogen) atoms. The van der Waals surface area contributed by atoms with Crippen molar-refractivity contribution < 1.29 is 4.43 Å². The van der Waals surface area contributed by atoms with E-state index in [9.17, 15) is 0 Å². The highest BCUT2D eigenvalue weighted by atomic mass is 28.3. The minimum atomic E-state index is -0.773. The zero-order valence-electron chi connectivity index (χ0n) is 12.4. The second kappa shape index (κ2) is 6.52. The van der Waals surface area contributed by atoms with Gasteiger partial charge in [0, 0.05) is 25.0 Å². The van der Waals surface area contributed by atoms with Gasteiger partial charge in [-0.05, 0) is 32.2 Å². The van der Waals surface area contributed by atoms with Crippen molar-refractivity contribution in [3.8, 4) is 5.75 Å². The maximum Gasteiger partial charge on any atom is 0.274 e. The SMILES string of the molecule is CC(N=Cc1ccn(C)n1)c1ccccc1O[Si](C)C. The van der Waals surface area contributed by atoms with Gasteiger partial charge in [-0.1, -0.05) is 18.2 Å². The van der Waals surface area contributed by atoms with E-state index in [1.807, 2.05) is 43.7 Å². The summed E-state index contributed by atoms with van der Waals surface area (Å²) in [5.74, 6) is 0.942. The third kappa shape index (κ3) is 3.80. The van der Waals surface area contributed by atoms with Gasteiger partial charge >= 0.3 is 0 Å². The van der Waals surface area contributed by atoms with Gasteiger partial charge in [-0.25, -0.2) is 0 Å². The molecule has 105 valence electrons. The van der Waals surface area contributed by atoms with E-state index in [-0.39, 0.29) is 6.04 Å². The Labute approximate surface area is 121 Å². The lowest BCUT2D eigenvalue weighted by molar-refractivity contribution is 0.563. The Kier molecular flexibility index (Phi) is 4.73. The molecule has 0 saturated carbocycles. The summed E-state index contributed by atoms with van der Waals surface area (Å²) in [7, 11) is 1.13. The lowest BCUT2D eigenvalue weighted by Crippen LogP contribution is -2.13. The Morgan fingerprint density at radius 1 is 1.30 bits per heavy atom. The van der Waals surface area contributed by atoms with Crippen LogP contribution in [0.1, 0.15) is 24.2 Å². The molecule has 0 amide bonds. The summed E-state index contributed by atoms with van der Waals surface area (Å²) in [4.78, 5) is 4.58. The predicted molar refractivity (Wildman–Crippen MR) is 83.8 cm³/mol. The lowest BCUT2D eigenvalue weighted by atomic mass is 10.1. The van der Waals surface area contributed by atoms with Gasteiger partial charge in [0.15, 0.2) is 0 Å². The van der Waals surface area contributed by atoms with Gasteiger partial charge in [0.05, 0.1) is 6.04 Å². The largest absolute Gasteiger partial charge is 0.542 e. The third-order valence-corrected chi connectivity index (χ3v) is 3.48. The topological polar surface area (TPSA) is 39.4 Å². The molecule has 0 aliphatic rings. The first-order valence-corrected chi connectivity index (χ1v) is 9.07. The van der Waals surface area contributed by atoms with Crippen molar-refractivity contribution >= 4 is 15.3 Å². The molecule has 5 heteroatoms. The molecule has 1 atom stereocenters. The van der Waals surface area contributed by atoms with E-state index in [2.05, 4.69) is 36.2 Å². The van der Waals surface area contributed by atoms with Crippen LogP contribution in [0.2, 0.25) is 13.1 Å². The summed E-state index contributed by atoms with van der Waals surface area (Å²) < 4.78 is 7.70. The fourth-order valence-corrected chi connectivity index (χ4v) is 2.53. The van der Waals surface area contributed by atoms with E-state index in [0.717, 1.165) is 17.0 Å². The molecular formula is C15H20N3OSi. The van der Waals surface area contributed by atoms with Crippen molar-refractivity contribution in [2.45, 2.75) is 26.1 Å². The van der Waals surface area contributed by atoms with Crippen LogP contribution < -0.4 is 4.43 Å². The molecule has 4 nitrogen and oxygen atoms in total. The summed E-state index contributed by atoms with van der Waals surface area (Å²) >= 11 is 0. The fourth-order valence-electron chi connectivity index (χ4n) is 1.91. The molecule has 0 aliphatic heterocycles. The molecule has 1 heterocycles. The predicted octanol–water partition coefficient (Wildman–Crippen LogP) is 3.23. The summed E-state index contributed by atoms with van der Waals surface area (Å²) in [5, 5.41) is 4.29. The van der Waals surface area contributed by atoms with E-state index in [1.54, 1.807) is 4.68 Å². The van der Waals surface area contributed by atoms with Crippen molar-refractivity contribution in [3.63, 3.8) is 0 Å². The average Bonchev–Trinajstić information content (AvgIpc) is 2.82. The minimum absolute atomic E-state index is 0.0505. The number of aromatic nitrogens is 2. The van der Waals surface area contributed by atoms with Gasteiger partial charge in [-0.3, -0.25) is 9.67 Å². The number of rotatable bonds is 5. The number of hydrogen-bond donors (Lipinski definition) is 0. The van der Waals surface area contributed by atoms with Crippen LogP contribution in [0.4, 0.5) is 0 Å². The van der Waals surface area contributed by atoms with E-state index in [0.29, 0.717) is 0 Å². The van der Waals surface area contributed by atoms with Crippen molar-refractivity contribution in [1.82, 2.24) is 9.78 Å². The van der Waals surface area contributed by atoms with Crippen LogP contribution in [0.15, 0.2) is 41.5 Å². The molecule has 1 aromatic carbocycles. The minimum Gasteiger partial charge on any atom is -0.542 e. The van der Waals surface area contributed by atoms with Crippen LogP contribution >= 0.6 is 0 Å². The van der Waals surface area contributed by atoms with E-state index >= 15 is 0 Å². The monoisotopic (exact) mass is 286 g/mol. The quantitative estimate of drug-likeness (QED) is 0.625. The number of hydrogen-bond acceptors (Lipinski definition) is 3. The van der Waals surface area contributed by atoms with Crippen molar-refractivity contribution in [2.75, 3.05) is 0 Å². The molecule has 2 rings (SSSR count). The highest BCUT2D eigenvalue weighted by Gasteiger charge is 2.11. The molecule has 1 unspecified atom stereocenters. The van der Waals surface area contributed by atoms with Gasteiger partial charge < -0.3 is 4.43 Å². The smallest absolute Gasteiger partial charge is 0.274 e. The van der Waals surface area contributed by atoms with Gasteiger partial charge in [0.2, 0.25) is 0 Å². The number of para-hydroxylation sites is 1. The number of nitrogens with zero attached hydrogens (tertiary/aromatic N) is 3. The fraction of sp³-hybridized carbons (Fsp3) is 0.333. The molecule has 1 radical (unpaired) electrons. The molecule has 0 fully saturated rings. The standard InChI is InChI=1S/C15H20N3OSi/c1-12(16-11-13-9-10-18(2)17-13)14-7-5-6-8-15(14)19-20(3)4/h5-12H,1-4H3. The normalized spacial score (nSPS) is 13.1. The van der Waals surface area contributed by atoms with Gasteiger partial charge in [-0.15, -0.1) is 0 Å². The molecule has 0 N–H and O–H groups in total. The van der Waals surface area contributed by atoms with Crippen molar-refractivity contribution in [1.29, 1.82) is 0 Å². The van der Waals surface area contributed by atoms with Crippen LogP contribution in [0.5, 0.6) is 5.75 Å². The average molecular weight is 286 g/mol. The van der Waals surface area contributed by atoms with Crippen LogP contribution in [0, 0.1) is 0 Å². The molecule has 0 bridgehead atoms. The van der Waals surface area contributed by atoms with Crippen LogP contribution in [0.25, 0.3) is 0 Å². The first kappa shape index (κ1) is 14.5. The molecule has 2 aromatic rings. The molecule has 0 spiro atoms. The maximum atomic E-state index is 5.93. The van der Waals surface area contributed by atoms with Crippen LogP contribution in [-0.4, -0.2) is 25.0 Å². The zero-order valence-corrected chi connectivity index (χ0v) is 13.4. The van der Waals surface area contributed by atoms with E-state index < -0.39 is 9.04 Å². The van der Waals surface area contributed by atoms with E-state index in [1.165, 1.54) is 0 Å². The first-order valence-electron chi connectivity index (χ1n) is 6.66. The highest BCUT2D eigenvalue weighted by molar-refractivity contribution is 6.49. The Morgan fingerprint density at radius 2 is 2.05 bits per heavy atom. The highest BCUT2D eigenvalue weighted by Crippen LogP contribution is 2.27. The Morgan fingerprint density at radius 3 is 2.70 bits per heavy atom. The third-order valence-electron chi connectivity index (χ3n) is 2.85. The molecular weight excluding hydrogens is 266 g/mol. The van der Waals surface area contributed by atoms with Crippen molar-refractivity contribution in [2.24, 2.45) is 12.0 Å². The van der Waals surface area contributed by atoms with Crippen LogP contribution in [0.3, 0.4) is 0 Å². The van der Waals surface area contributed by atoms with Gasteiger partial charge in [-0.2, -0.15) is 5.10 Å². The maximum absolute atomic E-state index is 5.93. The number of benzene rings is 1. The second-order valence-electron chi connectivity index (χ2n) is 4.92. The molecule has 1 aromatic heterocycles. The van der Waals surface area contributed by atoms with Gasteiger partial charge in [0.25, 0.3) is 9.04 Å². The Hall–Kier alpha value is -1.88. The summed E-state index contributed by atoms with van der Waals surface area (Å²) in [6, 6.07) is 10.1. The second-order valence-corrected chi connectivity index (χ2v) is 6.94. The van der Waals surface area contributed by atoms with Crippen LogP contribution in [-0.2, 0) is 7.05 Å². The summed E-state index contributed by atoms with van der Waals surface area (Å²) in [6.45, 7) is 6.33. The molecule has 0 saturated heterocycles. The first-order chi connectivity index (χ1) is 9.56. The number of aryl methyl sites for hydroxylation is 1. The van der Waals surface area contributed by atoms with Gasteiger partial charge in [0.1, 0.15) is 11.4 Å². The summed E-state index contributed by atoms with van der Waals surface area (Å²) in [5.41, 5.74) is 1.99. The lowest BCUT2D eigenvalue weighted by Gasteiger charge is -2.15. The number of aliphatic imine (C=N–C) groups is 1.